The molecular weight excluding hydrogens is 418 g/mol. The zero-order chi connectivity index (χ0) is 23.5. The third-order valence-electron chi connectivity index (χ3n) is 5.46. The number of para-hydroxylation sites is 1. The molecule has 0 fully saturated rings. The Morgan fingerprint density at radius 3 is 2.45 bits per heavy atom. The third kappa shape index (κ3) is 4.37. The van der Waals surface area contributed by atoms with Gasteiger partial charge in [-0.1, -0.05) is 50.2 Å². The van der Waals surface area contributed by atoms with Crippen LogP contribution in [0.2, 0.25) is 0 Å². The number of amides is 1. The van der Waals surface area contributed by atoms with E-state index in [1.165, 1.54) is 4.68 Å². The van der Waals surface area contributed by atoms with Crippen LogP contribution in [-0.2, 0) is 13.6 Å². The first kappa shape index (κ1) is 22.3. The molecule has 0 saturated carbocycles. The van der Waals surface area contributed by atoms with Crippen molar-refractivity contribution in [1.29, 1.82) is 0 Å². The summed E-state index contributed by atoms with van der Waals surface area (Å²) in [5.74, 6) is 1.07. The fourth-order valence-corrected chi connectivity index (χ4v) is 3.91. The number of rotatable bonds is 7. The Bertz CT molecular complexity index is 1360. The van der Waals surface area contributed by atoms with Crippen LogP contribution in [0, 0.1) is 5.92 Å². The van der Waals surface area contributed by atoms with Gasteiger partial charge in [0, 0.05) is 36.9 Å². The fraction of sp³-hybridized carbons (Fsp3) is 0.280. The van der Waals surface area contributed by atoms with Gasteiger partial charge >= 0.3 is 0 Å². The van der Waals surface area contributed by atoms with Crippen molar-refractivity contribution in [3.8, 4) is 5.75 Å². The lowest BCUT2D eigenvalue weighted by Crippen LogP contribution is -2.35. The molecular formula is C25H27N5O3. The van der Waals surface area contributed by atoms with E-state index in [0.29, 0.717) is 28.9 Å². The van der Waals surface area contributed by atoms with Gasteiger partial charge in [0.1, 0.15) is 17.6 Å². The number of methoxy groups -OCH3 is 1. The summed E-state index contributed by atoms with van der Waals surface area (Å²) in [6, 6.07) is 14.0. The molecule has 0 radical (unpaired) electrons. The first-order valence-electron chi connectivity index (χ1n) is 10.8. The first-order chi connectivity index (χ1) is 15.9. The van der Waals surface area contributed by atoms with Crippen molar-refractivity contribution in [3.05, 3.63) is 88.4 Å². The molecule has 8 nitrogen and oxygen atoms in total. The molecule has 4 rings (SSSR count). The van der Waals surface area contributed by atoms with Crippen LogP contribution in [0.1, 0.15) is 41.8 Å². The monoisotopic (exact) mass is 445 g/mol. The molecule has 1 N–H and O–H groups in total. The van der Waals surface area contributed by atoms with Crippen LogP contribution >= 0.6 is 0 Å². The Labute approximate surface area is 191 Å². The van der Waals surface area contributed by atoms with Gasteiger partial charge in [0.15, 0.2) is 5.69 Å². The van der Waals surface area contributed by atoms with E-state index in [9.17, 15) is 9.59 Å². The summed E-state index contributed by atoms with van der Waals surface area (Å²) in [4.78, 5) is 31.0. The smallest absolute Gasteiger partial charge is 0.274 e. The number of aromatic nitrogens is 4. The summed E-state index contributed by atoms with van der Waals surface area (Å²) in [5.41, 5.74) is 0.753. The van der Waals surface area contributed by atoms with Crippen molar-refractivity contribution >= 4 is 16.7 Å². The van der Waals surface area contributed by atoms with Crippen LogP contribution in [0.4, 0.5) is 0 Å². The number of aryl methyl sites for hydroxylation is 1. The van der Waals surface area contributed by atoms with Crippen molar-refractivity contribution < 1.29 is 9.53 Å². The van der Waals surface area contributed by atoms with Crippen LogP contribution < -0.4 is 15.6 Å². The number of fused-ring (bicyclic) bond motifs is 1. The second kappa shape index (κ2) is 9.28. The highest BCUT2D eigenvalue weighted by Crippen LogP contribution is 2.29. The number of carbonyl (C=O) groups excluding carboxylic acids is 1. The van der Waals surface area contributed by atoms with Gasteiger partial charge < -0.3 is 14.6 Å². The van der Waals surface area contributed by atoms with Gasteiger partial charge in [0.05, 0.1) is 12.5 Å². The molecule has 2 heterocycles. The predicted molar refractivity (Wildman–Crippen MR) is 126 cm³/mol. The van der Waals surface area contributed by atoms with E-state index in [-0.39, 0.29) is 17.2 Å². The summed E-state index contributed by atoms with van der Waals surface area (Å²) in [5, 5.41) is 8.52. The number of ether oxygens (including phenoxy) is 1. The van der Waals surface area contributed by atoms with Crippen LogP contribution in [0.5, 0.6) is 5.75 Å². The molecule has 0 spiro atoms. The second-order valence-corrected chi connectivity index (χ2v) is 8.32. The van der Waals surface area contributed by atoms with Crippen LogP contribution in [0.25, 0.3) is 10.8 Å². The van der Waals surface area contributed by atoms with Gasteiger partial charge in [-0.25, -0.2) is 9.67 Å². The van der Waals surface area contributed by atoms with E-state index in [1.807, 2.05) is 55.9 Å². The predicted octanol–water partition coefficient (Wildman–Crippen LogP) is 3.31. The molecule has 0 aliphatic heterocycles. The van der Waals surface area contributed by atoms with Crippen molar-refractivity contribution in [2.45, 2.75) is 26.4 Å². The highest BCUT2D eigenvalue weighted by molar-refractivity contribution is 6.05. The summed E-state index contributed by atoms with van der Waals surface area (Å²) in [7, 11) is 3.46. The maximum atomic E-state index is 13.6. The van der Waals surface area contributed by atoms with Crippen molar-refractivity contribution in [1.82, 2.24) is 24.6 Å². The van der Waals surface area contributed by atoms with Crippen LogP contribution in [-0.4, -0.2) is 32.3 Å². The molecule has 1 amide bonds. The van der Waals surface area contributed by atoms with Gasteiger partial charge in [-0.2, -0.15) is 5.10 Å². The molecule has 1 atom stereocenters. The molecule has 1 unspecified atom stereocenters. The Morgan fingerprint density at radius 1 is 1.09 bits per heavy atom. The zero-order valence-electron chi connectivity index (χ0n) is 19.1. The topological polar surface area (TPSA) is 91.0 Å². The number of imidazole rings is 1. The molecule has 0 aliphatic carbocycles. The highest BCUT2D eigenvalue weighted by atomic mass is 16.5. The molecule has 2 aromatic heterocycles. The minimum atomic E-state index is -0.584. The van der Waals surface area contributed by atoms with E-state index < -0.39 is 11.9 Å². The SMILES string of the molecule is COc1ccccc1C(NC(=O)c1nn(CC(C)C)c(=O)c2ccccc12)c1nccn1C. The number of hydrogen-bond donors (Lipinski definition) is 1. The lowest BCUT2D eigenvalue weighted by molar-refractivity contribution is 0.0935. The minimum absolute atomic E-state index is 0.194. The van der Waals surface area contributed by atoms with E-state index in [4.69, 9.17) is 4.74 Å². The maximum absolute atomic E-state index is 13.6. The molecule has 8 heteroatoms. The summed E-state index contributed by atoms with van der Waals surface area (Å²) >= 11 is 0. The highest BCUT2D eigenvalue weighted by Gasteiger charge is 2.26. The molecule has 0 saturated heterocycles. The van der Waals surface area contributed by atoms with E-state index in [1.54, 1.807) is 37.6 Å². The van der Waals surface area contributed by atoms with Crippen LogP contribution in [0.15, 0.2) is 65.7 Å². The van der Waals surface area contributed by atoms with Crippen molar-refractivity contribution in [2.75, 3.05) is 7.11 Å². The quantitative estimate of drug-likeness (QED) is 0.471. The van der Waals surface area contributed by atoms with Gasteiger partial charge in [-0.05, 0) is 18.1 Å². The molecule has 2 aromatic carbocycles. The minimum Gasteiger partial charge on any atom is -0.496 e. The lowest BCUT2D eigenvalue weighted by atomic mass is 10.0. The number of nitrogens with zero attached hydrogens (tertiary/aromatic N) is 4. The molecule has 4 aromatic rings. The molecule has 170 valence electrons. The average Bonchev–Trinajstić information content (AvgIpc) is 3.24. The van der Waals surface area contributed by atoms with Crippen molar-refractivity contribution in [3.63, 3.8) is 0 Å². The maximum Gasteiger partial charge on any atom is 0.274 e. The van der Waals surface area contributed by atoms with Gasteiger partial charge in [-0.15, -0.1) is 0 Å². The number of carbonyl (C=O) groups is 1. The van der Waals surface area contributed by atoms with E-state index in [0.717, 1.165) is 5.56 Å². The number of hydrogen-bond acceptors (Lipinski definition) is 5. The van der Waals surface area contributed by atoms with Gasteiger partial charge in [0.25, 0.3) is 11.5 Å². The van der Waals surface area contributed by atoms with Gasteiger partial charge in [0.2, 0.25) is 0 Å². The standard InChI is InChI=1S/C25H27N5O3/c1-16(2)15-30-25(32)18-10-6-5-9-17(18)22(28-30)24(31)27-21(23-26-13-14-29(23)3)19-11-7-8-12-20(19)33-4/h5-14,16,21H,15H2,1-4H3,(H,27,31). The van der Waals surface area contributed by atoms with E-state index in [2.05, 4.69) is 15.4 Å². The zero-order valence-corrected chi connectivity index (χ0v) is 19.1. The largest absolute Gasteiger partial charge is 0.496 e. The molecule has 0 aliphatic rings. The van der Waals surface area contributed by atoms with E-state index >= 15 is 0 Å². The normalized spacial score (nSPS) is 12.2. The summed E-state index contributed by atoms with van der Waals surface area (Å²) < 4.78 is 8.78. The summed E-state index contributed by atoms with van der Waals surface area (Å²) in [6.45, 7) is 4.42. The fourth-order valence-electron chi connectivity index (χ4n) is 3.91. The Hall–Kier alpha value is -3.94. The Morgan fingerprint density at radius 2 is 1.79 bits per heavy atom. The molecule has 0 bridgehead atoms. The average molecular weight is 446 g/mol. The Balaban J connectivity index is 1.83. The second-order valence-electron chi connectivity index (χ2n) is 8.32. The van der Waals surface area contributed by atoms with Crippen LogP contribution in [0.3, 0.4) is 0 Å². The van der Waals surface area contributed by atoms with Gasteiger partial charge in [-0.3, -0.25) is 9.59 Å². The number of benzene rings is 2. The molecule has 33 heavy (non-hydrogen) atoms. The van der Waals surface area contributed by atoms with Crippen molar-refractivity contribution in [2.24, 2.45) is 13.0 Å². The third-order valence-corrected chi connectivity index (χ3v) is 5.46. The number of nitrogens with one attached hydrogen (secondary N) is 1. The summed E-state index contributed by atoms with van der Waals surface area (Å²) in [6.07, 6.45) is 3.50. The lowest BCUT2D eigenvalue weighted by Gasteiger charge is -2.21. The first-order valence-corrected chi connectivity index (χ1v) is 10.8. The Kier molecular flexibility index (Phi) is 6.26.